The highest BCUT2D eigenvalue weighted by atomic mass is 32.1. The number of rotatable bonds is 4. The second-order valence-corrected chi connectivity index (χ2v) is 6.60. The summed E-state index contributed by atoms with van der Waals surface area (Å²) in [7, 11) is 0. The number of morpholine rings is 1. The van der Waals surface area contributed by atoms with Gasteiger partial charge < -0.3 is 14.7 Å². The molecule has 0 radical (unpaired) electrons. The van der Waals surface area contributed by atoms with E-state index in [1.54, 1.807) is 18.4 Å². The van der Waals surface area contributed by atoms with Gasteiger partial charge in [0, 0.05) is 19.5 Å². The molecule has 2 aromatic rings. The highest BCUT2D eigenvalue weighted by Gasteiger charge is 2.32. The van der Waals surface area contributed by atoms with E-state index in [0.717, 1.165) is 0 Å². The predicted octanol–water partition coefficient (Wildman–Crippen LogP) is 0.549. The molecule has 3 heterocycles. The summed E-state index contributed by atoms with van der Waals surface area (Å²) < 4.78 is 6.70. The first kappa shape index (κ1) is 16.6. The lowest BCUT2D eigenvalue weighted by molar-refractivity contribution is -0.166. The van der Waals surface area contributed by atoms with E-state index < -0.39 is 12.1 Å². The van der Waals surface area contributed by atoms with Crippen LogP contribution < -0.4 is 5.56 Å². The molecule has 1 N–H and O–H groups in total. The second-order valence-electron chi connectivity index (χ2n) is 5.70. The summed E-state index contributed by atoms with van der Waals surface area (Å²) in [6, 6.07) is 1.72. The fourth-order valence-corrected chi connectivity index (χ4v) is 3.44. The molecule has 1 unspecified atom stereocenters. The number of hydrogen-bond donors (Lipinski definition) is 1. The molecule has 1 fully saturated rings. The van der Waals surface area contributed by atoms with E-state index in [9.17, 15) is 14.4 Å². The predicted molar refractivity (Wildman–Crippen MR) is 87.0 cm³/mol. The molecular formula is C15H17N3O5S. The third-order valence-electron chi connectivity index (χ3n) is 3.91. The van der Waals surface area contributed by atoms with Gasteiger partial charge in [0.1, 0.15) is 4.83 Å². The SMILES string of the molecule is C[C@@H]1CN(C(=O)CCn2cnc3sccc3c2=O)CC(C(=O)O)O1. The molecule has 128 valence electrons. The third-order valence-corrected chi connectivity index (χ3v) is 4.73. The van der Waals surface area contributed by atoms with E-state index in [1.165, 1.54) is 27.1 Å². The molecule has 0 aromatic carbocycles. The van der Waals surface area contributed by atoms with Crippen LogP contribution in [-0.4, -0.2) is 56.7 Å². The number of nitrogens with zero attached hydrogens (tertiary/aromatic N) is 3. The van der Waals surface area contributed by atoms with Gasteiger partial charge >= 0.3 is 5.97 Å². The fraction of sp³-hybridized carbons (Fsp3) is 0.467. The molecule has 0 aliphatic carbocycles. The van der Waals surface area contributed by atoms with E-state index in [-0.39, 0.29) is 37.1 Å². The summed E-state index contributed by atoms with van der Waals surface area (Å²) in [4.78, 5) is 42.1. The lowest BCUT2D eigenvalue weighted by atomic mass is 10.2. The van der Waals surface area contributed by atoms with Crippen LogP contribution in [0, 0.1) is 0 Å². The van der Waals surface area contributed by atoms with Gasteiger partial charge in [-0.15, -0.1) is 11.3 Å². The molecule has 1 aliphatic heterocycles. The normalized spacial score (nSPS) is 21.1. The summed E-state index contributed by atoms with van der Waals surface area (Å²) in [5.74, 6) is -1.28. The molecule has 3 rings (SSSR count). The maximum atomic E-state index is 12.4. The first-order chi connectivity index (χ1) is 11.5. The van der Waals surface area contributed by atoms with Crippen molar-refractivity contribution >= 4 is 33.4 Å². The average Bonchev–Trinajstić information content (AvgIpc) is 3.02. The summed E-state index contributed by atoms with van der Waals surface area (Å²) in [6.07, 6.45) is 0.201. The van der Waals surface area contributed by atoms with Crippen molar-refractivity contribution in [3.63, 3.8) is 0 Å². The van der Waals surface area contributed by atoms with Gasteiger partial charge in [0.25, 0.3) is 5.56 Å². The Balaban J connectivity index is 1.67. The van der Waals surface area contributed by atoms with E-state index in [1.807, 2.05) is 0 Å². The maximum absolute atomic E-state index is 12.4. The second kappa shape index (κ2) is 6.70. The molecule has 0 bridgehead atoms. The zero-order chi connectivity index (χ0) is 17.3. The smallest absolute Gasteiger partial charge is 0.334 e. The number of carbonyl (C=O) groups excluding carboxylic acids is 1. The Hall–Kier alpha value is -2.26. The molecule has 1 amide bonds. The topological polar surface area (TPSA) is 102 Å². The zero-order valence-electron chi connectivity index (χ0n) is 13.0. The number of amides is 1. The van der Waals surface area contributed by atoms with Crippen LogP contribution in [0.3, 0.4) is 0 Å². The Morgan fingerprint density at radius 3 is 3.00 bits per heavy atom. The number of aryl methyl sites for hydroxylation is 1. The van der Waals surface area contributed by atoms with Crippen LogP contribution in [0.2, 0.25) is 0 Å². The van der Waals surface area contributed by atoms with Crippen molar-refractivity contribution in [1.82, 2.24) is 14.5 Å². The Morgan fingerprint density at radius 2 is 2.25 bits per heavy atom. The van der Waals surface area contributed by atoms with Crippen LogP contribution in [0.25, 0.3) is 10.2 Å². The van der Waals surface area contributed by atoms with Gasteiger partial charge in [-0.2, -0.15) is 0 Å². The number of thiophene rings is 1. The number of ether oxygens (including phenoxy) is 1. The number of fused-ring (bicyclic) bond motifs is 1. The van der Waals surface area contributed by atoms with Gasteiger partial charge in [-0.05, 0) is 18.4 Å². The Labute approximate surface area is 141 Å². The van der Waals surface area contributed by atoms with Crippen LogP contribution in [0.15, 0.2) is 22.6 Å². The summed E-state index contributed by atoms with van der Waals surface area (Å²) in [5.41, 5.74) is -0.173. The first-order valence-corrected chi connectivity index (χ1v) is 8.42. The van der Waals surface area contributed by atoms with Crippen LogP contribution in [0.1, 0.15) is 13.3 Å². The summed E-state index contributed by atoms with van der Waals surface area (Å²) in [5, 5.41) is 11.4. The van der Waals surface area contributed by atoms with E-state index in [2.05, 4.69) is 4.98 Å². The number of carboxylic acids is 1. The number of carbonyl (C=O) groups is 2. The molecule has 24 heavy (non-hydrogen) atoms. The molecule has 0 spiro atoms. The quantitative estimate of drug-likeness (QED) is 0.863. The van der Waals surface area contributed by atoms with Crippen molar-refractivity contribution in [1.29, 1.82) is 0 Å². The van der Waals surface area contributed by atoms with Crippen LogP contribution in [0.5, 0.6) is 0 Å². The Bertz CT molecular complexity index is 830. The zero-order valence-corrected chi connectivity index (χ0v) is 13.9. The molecule has 1 aliphatic rings. The van der Waals surface area contributed by atoms with Crippen molar-refractivity contribution in [3.05, 3.63) is 28.1 Å². The third kappa shape index (κ3) is 3.31. The van der Waals surface area contributed by atoms with E-state index in [0.29, 0.717) is 16.8 Å². The van der Waals surface area contributed by atoms with Gasteiger partial charge in [-0.3, -0.25) is 14.2 Å². The number of carboxylic acid groups (broad SMARTS) is 1. The van der Waals surface area contributed by atoms with Gasteiger partial charge in [0.05, 0.1) is 24.4 Å². The Morgan fingerprint density at radius 1 is 1.46 bits per heavy atom. The van der Waals surface area contributed by atoms with Crippen LogP contribution >= 0.6 is 11.3 Å². The van der Waals surface area contributed by atoms with Gasteiger partial charge in [0.15, 0.2) is 6.10 Å². The van der Waals surface area contributed by atoms with Crippen LogP contribution in [0.4, 0.5) is 0 Å². The van der Waals surface area contributed by atoms with Gasteiger partial charge in [-0.25, -0.2) is 9.78 Å². The van der Waals surface area contributed by atoms with Crippen molar-refractivity contribution in [3.8, 4) is 0 Å². The van der Waals surface area contributed by atoms with Crippen molar-refractivity contribution < 1.29 is 19.4 Å². The lowest BCUT2D eigenvalue weighted by Gasteiger charge is -2.35. The summed E-state index contributed by atoms with van der Waals surface area (Å²) in [6.45, 7) is 2.31. The monoisotopic (exact) mass is 351 g/mol. The summed E-state index contributed by atoms with van der Waals surface area (Å²) >= 11 is 1.39. The first-order valence-electron chi connectivity index (χ1n) is 7.54. The van der Waals surface area contributed by atoms with E-state index in [4.69, 9.17) is 9.84 Å². The standard InChI is InChI=1S/C15H17N3O5S/c1-9-6-18(7-11(23-9)15(21)22)12(19)2-4-17-8-16-13-10(14(17)20)3-5-24-13/h3,5,8-9,11H,2,4,6-7H2,1H3,(H,21,22)/t9-,11?/m1/s1. The molecule has 8 nitrogen and oxygen atoms in total. The molecule has 2 atom stereocenters. The molecule has 1 saturated heterocycles. The average molecular weight is 351 g/mol. The maximum Gasteiger partial charge on any atom is 0.334 e. The number of hydrogen-bond acceptors (Lipinski definition) is 6. The van der Waals surface area contributed by atoms with Gasteiger partial charge in [-0.1, -0.05) is 0 Å². The minimum absolute atomic E-state index is 0.0230. The van der Waals surface area contributed by atoms with Gasteiger partial charge in [0.2, 0.25) is 5.91 Å². The van der Waals surface area contributed by atoms with Crippen LogP contribution in [-0.2, 0) is 20.9 Å². The Kier molecular flexibility index (Phi) is 4.63. The fourth-order valence-electron chi connectivity index (χ4n) is 2.72. The van der Waals surface area contributed by atoms with Crippen molar-refractivity contribution in [2.45, 2.75) is 32.1 Å². The highest BCUT2D eigenvalue weighted by Crippen LogP contribution is 2.14. The van der Waals surface area contributed by atoms with E-state index >= 15 is 0 Å². The molecule has 9 heteroatoms. The van der Waals surface area contributed by atoms with Crippen molar-refractivity contribution in [2.24, 2.45) is 0 Å². The minimum atomic E-state index is -1.08. The molecule has 2 aromatic heterocycles. The number of aromatic nitrogens is 2. The molecular weight excluding hydrogens is 334 g/mol. The molecule has 0 saturated carbocycles. The van der Waals surface area contributed by atoms with Crippen molar-refractivity contribution in [2.75, 3.05) is 13.1 Å². The largest absolute Gasteiger partial charge is 0.479 e. The minimum Gasteiger partial charge on any atom is -0.479 e. The lowest BCUT2D eigenvalue weighted by Crippen LogP contribution is -2.52. The number of aliphatic carboxylic acids is 1. The highest BCUT2D eigenvalue weighted by molar-refractivity contribution is 7.16.